The van der Waals surface area contributed by atoms with Crippen LogP contribution < -0.4 is 9.62 Å². The van der Waals surface area contributed by atoms with Gasteiger partial charge in [0.05, 0.1) is 11.9 Å². The molecule has 0 aliphatic rings. The summed E-state index contributed by atoms with van der Waals surface area (Å²) < 4.78 is 26.1. The number of sulfonamides is 1. The molecule has 0 fully saturated rings. The molecule has 0 aliphatic carbocycles. The molecule has 7 nitrogen and oxygen atoms in total. The molecule has 1 atom stereocenters. The number of benzene rings is 2. The van der Waals surface area contributed by atoms with Crippen molar-refractivity contribution in [3.63, 3.8) is 0 Å². The van der Waals surface area contributed by atoms with Gasteiger partial charge in [-0.3, -0.25) is 13.9 Å². The molecule has 0 heterocycles. The van der Waals surface area contributed by atoms with Gasteiger partial charge in [0.25, 0.3) is 0 Å². The Bertz CT molecular complexity index is 1090. The second kappa shape index (κ2) is 11.7. The minimum atomic E-state index is -3.82. The highest BCUT2D eigenvalue weighted by Gasteiger charge is 2.32. The van der Waals surface area contributed by atoms with Crippen molar-refractivity contribution in [2.75, 3.05) is 17.1 Å². The first-order valence-electron chi connectivity index (χ1n) is 10.5. The Labute approximate surface area is 205 Å². The Morgan fingerprint density at radius 3 is 2.27 bits per heavy atom. The van der Waals surface area contributed by atoms with Crippen LogP contribution in [0, 0.1) is 0 Å². The highest BCUT2D eigenvalue weighted by Crippen LogP contribution is 2.24. The maximum absolute atomic E-state index is 13.5. The Balaban J connectivity index is 2.46. The van der Waals surface area contributed by atoms with Crippen LogP contribution in [-0.4, -0.2) is 50.0 Å². The van der Waals surface area contributed by atoms with Gasteiger partial charge in [-0.25, -0.2) is 8.42 Å². The van der Waals surface area contributed by atoms with Crippen LogP contribution in [0.3, 0.4) is 0 Å². The third-order valence-corrected chi connectivity index (χ3v) is 6.64. The topological polar surface area (TPSA) is 86.8 Å². The molecule has 2 aromatic carbocycles. The predicted molar refractivity (Wildman–Crippen MR) is 133 cm³/mol. The van der Waals surface area contributed by atoms with E-state index < -0.39 is 28.5 Å². The predicted octanol–water partition coefficient (Wildman–Crippen LogP) is 4.09. The second-order valence-corrected chi connectivity index (χ2v) is 10.7. The SMILES string of the molecule is CC[C@@H](C(=O)NC(C)C)N(Cc1ccccc1Cl)C(=O)CN(c1cccc(Cl)c1)S(C)(=O)=O. The maximum atomic E-state index is 13.5. The first-order chi connectivity index (χ1) is 15.4. The van der Waals surface area contributed by atoms with Crippen molar-refractivity contribution in [3.8, 4) is 0 Å². The van der Waals surface area contributed by atoms with Crippen molar-refractivity contribution >= 4 is 50.7 Å². The third kappa shape index (κ3) is 7.62. The summed E-state index contributed by atoms with van der Waals surface area (Å²) in [7, 11) is -3.82. The molecule has 0 aromatic heterocycles. The quantitative estimate of drug-likeness (QED) is 0.518. The molecule has 0 unspecified atom stereocenters. The summed E-state index contributed by atoms with van der Waals surface area (Å²) in [6.45, 7) is 5.01. The molecule has 0 aliphatic heterocycles. The van der Waals surface area contributed by atoms with Crippen LogP contribution in [0.2, 0.25) is 10.0 Å². The lowest BCUT2D eigenvalue weighted by Gasteiger charge is -2.33. The number of anilines is 1. The first kappa shape index (κ1) is 27.0. The van der Waals surface area contributed by atoms with Crippen LogP contribution in [-0.2, 0) is 26.2 Å². The molecule has 2 aromatic rings. The van der Waals surface area contributed by atoms with Gasteiger partial charge in [0.15, 0.2) is 0 Å². The summed E-state index contributed by atoms with van der Waals surface area (Å²) in [6.07, 6.45) is 1.35. The Morgan fingerprint density at radius 1 is 1.06 bits per heavy atom. The number of nitrogens with zero attached hydrogens (tertiary/aromatic N) is 2. The number of amides is 2. The number of hydrogen-bond donors (Lipinski definition) is 1. The van der Waals surface area contributed by atoms with Crippen LogP contribution in [0.4, 0.5) is 5.69 Å². The van der Waals surface area contributed by atoms with Gasteiger partial charge in [-0.1, -0.05) is 54.4 Å². The van der Waals surface area contributed by atoms with Crippen LogP contribution in [0.5, 0.6) is 0 Å². The standard InChI is InChI=1S/C23H29Cl2N3O4S/c1-5-21(23(30)26-16(2)3)27(14-17-9-6-7-12-20(17)25)22(29)15-28(33(4,31)32)19-11-8-10-18(24)13-19/h6-13,16,21H,5,14-15H2,1-4H3,(H,26,30)/t21-/m0/s1. The molecule has 0 radical (unpaired) electrons. The molecule has 180 valence electrons. The Morgan fingerprint density at radius 2 is 1.73 bits per heavy atom. The minimum Gasteiger partial charge on any atom is -0.352 e. The lowest BCUT2D eigenvalue weighted by Crippen LogP contribution is -2.53. The van der Waals surface area contributed by atoms with Gasteiger partial charge in [0.1, 0.15) is 12.6 Å². The largest absolute Gasteiger partial charge is 0.352 e. The molecule has 33 heavy (non-hydrogen) atoms. The summed E-state index contributed by atoms with van der Waals surface area (Å²) in [5, 5.41) is 3.62. The smallest absolute Gasteiger partial charge is 0.244 e. The van der Waals surface area contributed by atoms with Gasteiger partial charge >= 0.3 is 0 Å². The van der Waals surface area contributed by atoms with Crippen molar-refractivity contribution in [3.05, 3.63) is 64.1 Å². The molecule has 0 spiro atoms. The van der Waals surface area contributed by atoms with Gasteiger partial charge in [-0.2, -0.15) is 0 Å². The average Bonchev–Trinajstić information content (AvgIpc) is 2.71. The minimum absolute atomic E-state index is 0.0513. The number of carbonyl (C=O) groups excluding carboxylic acids is 2. The second-order valence-electron chi connectivity index (χ2n) is 7.95. The Hall–Kier alpha value is -2.29. The van der Waals surface area contributed by atoms with Gasteiger partial charge < -0.3 is 10.2 Å². The van der Waals surface area contributed by atoms with Crippen molar-refractivity contribution in [2.24, 2.45) is 0 Å². The summed E-state index contributed by atoms with van der Waals surface area (Å²) in [6, 6.07) is 12.3. The molecule has 0 saturated heterocycles. The molecule has 0 bridgehead atoms. The highest BCUT2D eigenvalue weighted by molar-refractivity contribution is 7.92. The lowest BCUT2D eigenvalue weighted by molar-refractivity contribution is -0.140. The van der Waals surface area contributed by atoms with Crippen molar-refractivity contribution < 1.29 is 18.0 Å². The van der Waals surface area contributed by atoms with E-state index in [2.05, 4.69) is 5.32 Å². The normalized spacial score (nSPS) is 12.3. The van der Waals surface area contributed by atoms with Crippen LogP contribution in [0.25, 0.3) is 0 Å². The zero-order valence-electron chi connectivity index (χ0n) is 19.1. The summed E-state index contributed by atoms with van der Waals surface area (Å²) in [5.74, 6) is -0.854. The van der Waals surface area contributed by atoms with Crippen LogP contribution >= 0.6 is 23.2 Å². The highest BCUT2D eigenvalue weighted by atomic mass is 35.5. The number of hydrogen-bond acceptors (Lipinski definition) is 4. The van der Waals surface area contributed by atoms with E-state index >= 15 is 0 Å². The fourth-order valence-electron chi connectivity index (χ4n) is 3.36. The first-order valence-corrected chi connectivity index (χ1v) is 13.1. The maximum Gasteiger partial charge on any atom is 0.244 e. The van der Waals surface area contributed by atoms with E-state index in [9.17, 15) is 18.0 Å². The van der Waals surface area contributed by atoms with E-state index in [-0.39, 0.29) is 24.2 Å². The third-order valence-electron chi connectivity index (χ3n) is 4.89. The molecule has 2 rings (SSSR count). The number of nitrogens with one attached hydrogen (secondary N) is 1. The molecular formula is C23H29Cl2N3O4S. The van der Waals surface area contributed by atoms with Crippen LogP contribution in [0.15, 0.2) is 48.5 Å². The molecule has 2 amide bonds. The van der Waals surface area contributed by atoms with Crippen molar-refractivity contribution in [1.29, 1.82) is 0 Å². The average molecular weight is 514 g/mol. The van der Waals surface area contributed by atoms with Crippen molar-refractivity contribution in [2.45, 2.75) is 45.8 Å². The van der Waals surface area contributed by atoms with E-state index in [1.54, 1.807) is 49.4 Å². The zero-order chi connectivity index (χ0) is 24.8. The molecule has 1 N–H and O–H groups in total. The lowest BCUT2D eigenvalue weighted by atomic mass is 10.1. The molecule has 10 heteroatoms. The van der Waals surface area contributed by atoms with Gasteiger partial charge in [0, 0.05) is 22.6 Å². The summed E-state index contributed by atoms with van der Waals surface area (Å²) in [5.41, 5.74) is 0.910. The monoisotopic (exact) mass is 513 g/mol. The van der Waals surface area contributed by atoms with E-state index in [4.69, 9.17) is 23.2 Å². The number of rotatable bonds is 10. The van der Waals surface area contributed by atoms with E-state index in [1.807, 2.05) is 13.8 Å². The fourth-order valence-corrected chi connectivity index (χ4v) is 4.58. The summed E-state index contributed by atoms with van der Waals surface area (Å²) in [4.78, 5) is 27.8. The van der Waals surface area contributed by atoms with Gasteiger partial charge in [0.2, 0.25) is 21.8 Å². The van der Waals surface area contributed by atoms with E-state index in [1.165, 1.54) is 11.0 Å². The zero-order valence-corrected chi connectivity index (χ0v) is 21.4. The molecular weight excluding hydrogens is 485 g/mol. The summed E-state index contributed by atoms with van der Waals surface area (Å²) >= 11 is 12.4. The Kier molecular flexibility index (Phi) is 9.57. The number of halogens is 2. The van der Waals surface area contributed by atoms with Crippen LogP contribution in [0.1, 0.15) is 32.8 Å². The fraction of sp³-hybridized carbons (Fsp3) is 0.391. The van der Waals surface area contributed by atoms with E-state index in [0.717, 1.165) is 10.6 Å². The van der Waals surface area contributed by atoms with Crippen molar-refractivity contribution in [1.82, 2.24) is 10.2 Å². The van der Waals surface area contributed by atoms with Gasteiger partial charge in [-0.15, -0.1) is 0 Å². The molecule has 0 saturated carbocycles. The van der Waals surface area contributed by atoms with Gasteiger partial charge in [-0.05, 0) is 50.1 Å². The number of carbonyl (C=O) groups is 2. The van der Waals surface area contributed by atoms with E-state index in [0.29, 0.717) is 22.0 Å².